The second-order valence-electron chi connectivity index (χ2n) is 9.61. The molecule has 4 heterocycles. The SMILES string of the molecule is CC[C@@H]1CN(C(=O)C2(C#N)CC2)C[C@H]1Nc1c(C(N)=O)cnn2cc(-c3ccc(C(F)(F)F)nc3)cc12. The Hall–Kier alpha value is -4.14. The quantitative estimate of drug-likeness (QED) is 0.521. The van der Waals surface area contributed by atoms with Crippen molar-refractivity contribution in [2.24, 2.45) is 17.1 Å². The van der Waals surface area contributed by atoms with Gasteiger partial charge in [0, 0.05) is 42.7 Å². The molecule has 0 aromatic carbocycles. The van der Waals surface area contributed by atoms with Crippen LogP contribution < -0.4 is 11.1 Å². The largest absolute Gasteiger partial charge is 0.433 e. The molecule has 2 amide bonds. The summed E-state index contributed by atoms with van der Waals surface area (Å²) >= 11 is 0. The van der Waals surface area contributed by atoms with Crippen molar-refractivity contribution in [3.05, 3.63) is 48.0 Å². The average Bonchev–Trinajstić information content (AvgIpc) is 3.37. The first kappa shape index (κ1) is 24.5. The van der Waals surface area contributed by atoms with Crippen molar-refractivity contribution in [3.8, 4) is 17.2 Å². The minimum Gasteiger partial charge on any atom is -0.378 e. The number of nitrogens with one attached hydrogen (secondary N) is 1. The number of amides is 2. The number of anilines is 1. The van der Waals surface area contributed by atoms with E-state index in [4.69, 9.17) is 5.73 Å². The number of hydrogen-bond donors (Lipinski definition) is 2. The number of nitriles is 1. The molecular formula is C25H24F3N7O2. The maximum absolute atomic E-state index is 13.0. The number of alkyl halides is 3. The average molecular weight is 512 g/mol. The lowest BCUT2D eigenvalue weighted by atomic mass is 10.00. The fraction of sp³-hybridized carbons (Fsp3) is 0.400. The van der Waals surface area contributed by atoms with Gasteiger partial charge in [-0.15, -0.1) is 0 Å². The Balaban J connectivity index is 1.48. The first-order valence-electron chi connectivity index (χ1n) is 11.9. The van der Waals surface area contributed by atoms with Crippen LogP contribution >= 0.6 is 0 Å². The number of carbonyl (C=O) groups is 2. The molecule has 192 valence electrons. The number of rotatable bonds is 6. The summed E-state index contributed by atoms with van der Waals surface area (Å²) in [6.45, 7) is 2.87. The van der Waals surface area contributed by atoms with Crippen LogP contribution in [0.1, 0.15) is 42.2 Å². The van der Waals surface area contributed by atoms with Crippen molar-refractivity contribution in [1.82, 2.24) is 19.5 Å². The summed E-state index contributed by atoms with van der Waals surface area (Å²) in [5.74, 6) is -0.787. The van der Waals surface area contributed by atoms with Gasteiger partial charge < -0.3 is 16.0 Å². The summed E-state index contributed by atoms with van der Waals surface area (Å²) in [7, 11) is 0. The van der Waals surface area contributed by atoms with Crippen molar-refractivity contribution >= 4 is 23.0 Å². The van der Waals surface area contributed by atoms with Gasteiger partial charge in [0.1, 0.15) is 11.1 Å². The van der Waals surface area contributed by atoms with E-state index < -0.39 is 23.2 Å². The molecular weight excluding hydrogens is 487 g/mol. The highest BCUT2D eigenvalue weighted by Gasteiger charge is 2.54. The van der Waals surface area contributed by atoms with Crippen LogP contribution in [-0.4, -0.2) is 50.4 Å². The number of nitrogens with two attached hydrogens (primary N) is 1. The molecule has 1 saturated heterocycles. The molecule has 9 nitrogen and oxygen atoms in total. The van der Waals surface area contributed by atoms with Gasteiger partial charge in [0.2, 0.25) is 5.91 Å². The van der Waals surface area contributed by atoms with Crippen LogP contribution in [0.2, 0.25) is 0 Å². The van der Waals surface area contributed by atoms with Crippen LogP contribution in [0.3, 0.4) is 0 Å². The first-order valence-corrected chi connectivity index (χ1v) is 11.9. The number of hydrogen-bond acceptors (Lipinski definition) is 6. The number of fused-ring (bicyclic) bond motifs is 1. The summed E-state index contributed by atoms with van der Waals surface area (Å²) < 4.78 is 40.3. The zero-order valence-electron chi connectivity index (χ0n) is 19.9. The number of aromatic nitrogens is 3. The minimum atomic E-state index is -4.54. The summed E-state index contributed by atoms with van der Waals surface area (Å²) in [4.78, 5) is 30.5. The van der Waals surface area contributed by atoms with E-state index >= 15 is 0 Å². The molecule has 2 atom stereocenters. The monoisotopic (exact) mass is 511 g/mol. The van der Waals surface area contributed by atoms with Crippen LogP contribution in [0, 0.1) is 22.7 Å². The van der Waals surface area contributed by atoms with Gasteiger partial charge >= 0.3 is 6.18 Å². The number of primary amides is 1. The molecule has 3 aromatic heterocycles. The number of nitrogens with zero attached hydrogens (tertiary/aromatic N) is 5. The van der Waals surface area contributed by atoms with Crippen LogP contribution in [-0.2, 0) is 11.0 Å². The van der Waals surface area contributed by atoms with Gasteiger partial charge in [-0.3, -0.25) is 14.6 Å². The number of carbonyl (C=O) groups excluding carboxylic acids is 2. The molecule has 3 aromatic rings. The van der Waals surface area contributed by atoms with E-state index in [1.807, 2.05) is 6.92 Å². The zero-order chi connectivity index (χ0) is 26.5. The highest BCUT2D eigenvalue weighted by molar-refractivity contribution is 6.02. The zero-order valence-corrected chi connectivity index (χ0v) is 19.9. The van der Waals surface area contributed by atoms with Gasteiger partial charge in [-0.1, -0.05) is 13.0 Å². The van der Waals surface area contributed by atoms with E-state index in [1.165, 1.54) is 16.8 Å². The lowest BCUT2D eigenvalue weighted by Crippen LogP contribution is -2.36. The Labute approximate surface area is 210 Å². The Morgan fingerprint density at radius 1 is 1.24 bits per heavy atom. The third kappa shape index (κ3) is 4.34. The lowest BCUT2D eigenvalue weighted by molar-refractivity contribution is -0.141. The second-order valence-corrected chi connectivity index (χ2v) is 9.61. The number of halogens is 3. The molecule has 2 fully saturated rings. The van der Waals surface area contributed by atoms with Gasteiger partial charge in [0.05, 0.1) is 29.0 Å². The summed E-state index contributed by atoms with van der Waals surface area (Å²) in [5, 5.41) is 17.1. The molecule has 0 bridgehead atoms. The van der Waals surface area contributed by atoms with Crippen LogP contribution in [0.5, 0.6) is 0 Å². The van der Waals surface area contributed by atoms with E-state index in [9.17, 15) is 28.0 Å². The summed E-state index contributed by atoms with van der Waals surface area (Å²) in [6.07, 6.45) is 1.44. The molecule has 0 spiro atoms. The Morgan fingerprint density at radius 2 is 2.00 bits per heavy atom. The van der Waals surface area contributed by atoms with Gasteiger partial charge in [0.25, 0.3) is 5.91 Å². The minimum absolute atomic E-state index is 0.0703. The predicted octanol–water partition coefficient (Wildman–Crippen LogP) is 3.47. The van der Waals surface area contributed by atoms with Gasteiger partial charge in [-0.25, -0.2) is 4.52 Å². The van der Waals surface area contributed by atoms with Gasteiger partial charge in [-0.2, -0.15) is 23.5 Å². The van der Waals surface area contributed by atoms with E-state index in [0.29, 0.717) is 48.3 Å². The van der Waals surface area contributed by atoms with Crippen molar-refractivity contribution in [1.29, 1.82) is 5.26 Å². The summed E-state index contributed by atoms with van der Waals surface area (Å²) in [5.41, 5.74) is 5.80. The molecule has 0 unspecified atom stereocenters. The maximum Gasteiger partial charge on any atom is 0.433 e. The van der Waals surface area contributed by atoms with Gasteiger partial charge in [-0.05, 0) is 37.3 Å². The van der Waals surface area contributed by atoms with Crippen molar-refractivity contribution in [2.75, 3.05) is 18.4 Å². The van der Waals surface area contributed by atoms with Gasteiger partial charge in [0.15, 0.2) is 0 Å². The van der Waals surface area contributed by atoms with E-state index in [0.717, 1.165) is 18.7 Å². The maximum atomic E-state index is 13.0. The van der Waals surface area contributed by atoms with Crippen LogP contribution in [0.4, 0.5) is 18.9 Å². The normalized spacial score (nSPS) is 20.6. The summed E-state index contributed by atoms with van der Waals surface area (Å²) in [6, 6.07) is 5.87. The standard InChI is InChI=1S/C25H24F3N7O2/c1-2-14-10-34(23(37)24(13-29)5-6-24)12-18(14)33-21-17(22(30)36)9-32-35-11-16(7-19(21)35)15-3-4-20(31-8-15)25(26,27)28/h3-4,7-9,11,14,18,33H,2,5-6,10,12H2,1H3,(H2,30,36)/t14-,18-/m1/s1. The lowest BCUT2D eigenvalue weighted by Gasteiger charge is -2.22. The van der Waals surface area contributed by atoms with Crippen molar-refractivity contribution < 1.29 is 22.8 Å². The highest BCUT2D eigenvalue weighted by atomic mass is 19.4. The fourth-order valence-corrected chi connectivity index (χ4v) is 4.89. The first-order chi connectivity index (χ1) is 17.6. The topological polar surface area (TPSA) is 129 Å². The van der Waals surface area contributed by atoms with Crippen molar-refractivity contribution in [3.63, 3.8) is 0 Å². The van der Waals surface area contributed by atoms with Crippen LogP contribution in [0.25, 0.3) is 16.6 Å². The number of likely N-dealkylation sites (tertiary alicyclic amines) is 1. The number of pyridine rings is 1. The fourth-order valence-electron chi connectivity index (χ4n) is 4.89. The third-order valence-corrected chi connectivity index (χ3v) is 7.25. The molecule has 1 aliphatic heterocycles. The highest BCUT2D eigenvalue weighted by Crippen LogP contribution is 2.47. The molecule has 2 aliphatic rings. The molecule has 5 rings (SSSR count). The molecule has 37 heavy (non-hydrogen) atoms. The molecule has 12 heteroatoms. The van der Waals surface area contributed by atoms with E-state index in [-0.39, 0.29) is 23.4 Å². The molecule has 0 radical (unpaired) electrons. The Morgan fingerprint density at radius 3 is 2.57 bits per heavy atom. The van der Waals surface area contributed by atoms with E-state index in [1.54, 1.807) is 17.2 Å². The van der Waals surface area contributed by atoms with Crippen LogP contribution in [0.15, 0.2) is 36.8 Å². The predicted molar refractivity (Wildman–Crippen MR) is 127 cm³/mol. The third-order valence-electron chi connectivity index (χ3n) is 7.25. The molecule has 1 aliphatic carbocycles. The Kier molecular flexibility index (Phi) is 5.81. The van der Waals surface area contributed by atoms with E-state index in [2.05, 4.69) is 21.5 Å². The smallest absolute Gasteiger partial charge is 0.378 e. The van der Waals surface area contributed by atoms with Crippen molar-refractivity contribution in [2.45, 2.75) is 38.4 Å². The Bertz CT molecular complexity index is 1420. The molecule has 3 N–H and O–H groups in total. The molecule has 1 saturated carbocycles. The second kappa shape index (κ2) is 8.76.